The fourth-order valence-corrected chi connectivity index (χ4v) is 5.39. The molecule has 0 unspecified atom stereocenters. The molecule has 8 heteroatoms. The first-order valence-electron chi connectivity index (χ1n) is 7.35. The van der Waals surface area contributed by atoms with Crippen LogP contribution in [0.5, 0.6) is 0 Å². The molecule has 0 radical (unpaired) electrons. The van der Waals surface area contributed by atoms with Gasteiger partial charge in [-0.05, 0) is 42.0 Å². The maximum absolute atomic E-state index is 13.1. The number of hydrogen-bond donors (Lipinski definition) is 0. The molecule has 3 rings (SSSR count). The van der Waals surface area contributed by atoms with E-state index in [2.05, 4.69) is 4.74 Å². The van der Waals surface area contributed by atoms with Crippen LogP contribution in [0.15, 0.2) is 40.6 Å². The number of esters is 1. The van der Waals surface area contributed by atoms with Crippen LogP contribution in [0.2, 0.25) is 0 Å². The first-order chi connectivity index (χ1) is 11.4. The molecule has 1 heterocycles. The quantitative estimate of drug-likeness (QED) is 0.734. The molecule has 1 saturated carbocycles. The Morgan fingerprint density at radius 1 is 1.29 bits per heavy atom. The number of benzene rings is 1. The maximum Gasteiger partial charge on any atom is 0.349 e. The average Bonchev–Trinajstić information content (AvgIpc) is 3.27. The molecule has 0 atom stereocenters. The highest BCUT2D eigenvalue weighted by Gasteiger charge is 2.40. The Bertz CT molecular complexity index is 841. The number of nitrogens with zero attached hydrogens (tertiary/aromatic N) is 1. The Kier molecular flexibility index (Phi) is 4.71. The molecule has 2 aromatic rings. The normalized spacial score (nSPS) is 14.8. The zero-order valence-electron chi connectivity index (χ0n) is 12.9. The molecule has 0 bridgehead atoms. The van der Waals surface area contributed by atoms with Gasteiger partial charge in [0.05, 0.1) is 7.11 Å². The minimum atomic E-state index is -3.84. The van der Waals surface area contributed by atoms with Gasteiger partial charge in [0.2, 0.25) is 10.0 Å². The number of carbonyl (C=O) groups is 1. The van der Waals surface area contributed by atoms with E-state index in [0.29, 0.717) is 5.56 Å². The topological polar surface area (TPSA) is 63.7 Å². The van der Waals surface area contributed by atoms with Crippen molar-refractivity contribution in [3.63, 3.8) is 0 Å². The molecule has 1 fully saturated rings. The Balaban J connectivity index is 1.94. The van der Waals surface area contributed by atoms with Crippen molar-refractivity contribution in [2.75, 3.05) is 7.11 Å². The number of halogens is 1. The van der Waals surface area contributed by atoms with Crippen molar-refractivity contribution in [1.82, 2.24) is 4.31 Å². The summed E-state index contributed by atoms with van der Waals surface area (Å²) in [6.45, 7) is 0.143. The summed E-state index contributed by atoms with van der Waals surface area (Å²) in [6, 6.07) is 7.07. The van der Waals surface area contributed by atoms with Gasteiger partial charge in [-0.25, -0.2) is 17.6 Å². The van der Waals surface area contributed by atoms with Crippen LogP contribution in [-0.4, -0.2) is 31.8 Å². The monoisotopic (exact) mass is 369 g/mol. The Morgan fingerprint density at radius 3 is 2.54 bits per heavy atom. The van der Waals surface area contributed by atoms with Crippen LogP contribution in [0, 0.1) is 5.82 Å². The van der Waals surface area contributed by atoms with Gasteiger partial charge in [0.1, 0.15) is 15.6 Å². The number of methoxy groups -OCH3 is 1. The number of sulfonamides is 1. The molecule has 0 N–H and O–H groups in total. The van der Waals surface area contributed by atoms with Gasteiger partial charge in [-0.2, -0.15) is 4.31 Å². The highest BCUT2D eigenvalue weighted by molar-refractivity contribution is 7.89. The van der Waals surface area contributed by atoms with Crippen molar-refractivity contribution >= 4 is 27.3 Å². The number of carbonyl (C=O) groups excluding carboxylic acids is 1. The minimum Gasteiger partial charge on any atom is -0.465 e. The summed E-state index contributed by atoms with van der Waals surface area (Å²) < 4.78 is 45.2. The summed E-state index contributed by atoms with van der Waals surface area (Å²) in [5.41, 5.74) is 0.696. The second-order valence-electron chi connectivity index (χ2n) is 5.51. The largest absolute Gasteiger partial charge is 0.465 e. The van der Waals surface area contributed by atoms with E-state index in [9.17, 15) is 17.6 Å². The van der Waals surface area contributed by atoms with E-state index in [1.807, 2.05) is 0 Å². The molecule has 5 nitrogen and oxygen atoms in total. The first kappa shape index (κ1) is 17.1. The Morgan fingerprint density at radius 2 is 1.96 bits per heavy atom. The van der Waals surface area contributed by atoms with Gasteiger partial charge >= 0.3 is 5.97 Å². The van der Waals surface area contributed by atoms with E-state index in [0.717, 1.165) is 24.2 Å². The van der Waals surface area contributed by atoms with E-state index in [4.69, 9.17) is 0 Å². The summed E-state index contributed by atoms with van der Waals surface area (Å²) in [7, 11) is -2.62. The smallest absolute Gasteiger partial charge is 0.349 e. The van der Waals surface area contributed by atoms with Crippen molar-refractivity contribution in [3.8, 4) is 0 Å². The summed E-state index contributed by atoms with van der Waals surface area (Å²) in [5.74, 6) is -1.04. The van der Waals surface area contributed by atoms with Crippen molar-refractivity contribution in [2.24, 2.45) is 0 Å². The van der Waals surface area contributed by atoms with Crippen LogP contribution in [0.3, 0.4) is 0 Å². The third-order valence-electron chi connectivity index (χ3n) is 3.79. The molecule has 0 amide bonds. The summed E-state index contributed by atoms with van der Waals surface area (Å²) >= 11 is 1.04. The van der Waals surface area contributed by atoms with Crippen LogP contribution in [-0.2, 0) is 21.3 Å². The summed E-state index contributed by atoms with van der Waals surface area (Å²) in [5, 5.41) is 1.56. The van der Waals surface area contributed by atoms with E-state index in [1.54, 1.807) is 17.5 Å². The van der Waals surface area contributed by atoms with E-state index in [1.165, 1.54) is 29.6 Å². The fourth-order valence-electron chi connectivity index (χ4n) is 2.41. The third kappa shape index (κ3) is 3.35. The number of thiophene rings is 1. The van der Waals surface area contributed by atoms with Gasteiger partial charge in [-0.3, -0.25) is 0 Å². The van der Waals surface area contributed by atoms with Crippen molar-refractivity contribution < 1.29 is 22.3 Å². The zero-order valence-corrected chi connectivity index (χ0v) is 14.6. The molecule has 0 spiro atoms. The molecule has 24 heavy (non-hydrogen) atoms. The molecular weight excluding hydrogens is 353 g/mol. The van der Waals surface area contributed by atoms with Gasteiger partial charge in [0, 0.05) is 12.6 Å². The van der Waals surface area contributed by atoms with Crippen molar-refractivity contribution in [1.29, 1.82) is 0 Å². The predicted molar refractivity (Wildman–Crippen MR) is 87.8 cm³/mol. The van der Waals surface area contributed by atoms with Gasteiger partial charge in [0.25, 0.3) is 0 Å². The number of ether oxygens (including phenoxy) is 1. The van der Waals surface area contributed by atoms with Gasteiger partial charge in [0.15, 0.2) is 0 Å². The molecule has 0 aliphatic heterocycles. The van der Waals surface area contributed by atoms with Gasteiger partial charge in [-0.1, -0.05) is 12.1 Å². The van der Waals surface area contributed by atoms with Crippen LogP contribution in [0.4, 0.5) is 4.39 Å². The molecule has 1 aromatic heterocycles. The van der Waals surface area contributed by atoms with Gasteiger partial charge in [-0.15, -0.1) is 11.3 Å². The molecule has 0 saturated heterocycles. The SMILES string of the molecule is COC(=O)c1sccc1S(=O)(=O)N(Cc1ccc(F)cc1)C1CC1. The highest BCUT2D eigenvalue weighted by atomic mass is 32.2. The van der Waals surface area contributed by atoms with E-state index in [-0.39, 0.29) is 28.2 Å². The Hall–Kier alpha value is -1.77. The van der Waals surface area contributed by atoms with Crippen LogP contribution in [0.25, 0.3) is 0 Å². The zero-order chi connectivity index (χ0) is 17.3. The number of hydrogen-bond acceptors (Lipinski definition) is 5. The van der Waals surface area contributed by atoms with Crippen LogP contribution < -0.4 is 0 Å². The Labute approximate surface area is 143 Å². The summed E-state index contributed by atoms with van der Waals surface area (Å²) in [4.78, 5) is 11.8. The summed E-state index contributed by atoms with van der Waals surface area (Å²) in [6.07, 6.45) is 1.55. The van der Waals surface area contributed by atoms with Crippen molar-refractivity contribution in [2.45, 2.75) is 30.3 Å². The minimum absolute atomic E-state index is 0.0339. The standard InChI is InChI=1S/C16H16FNO4S2/c1-22-16(19)15-14(8-9-23-15)24(20,21)18(13-6-7-13)10-11-2-4-12(17)5-3-11/h2-5,8-9,13H,6-7,10H2,1H3. The third-order valence-corrected chi connectivity index (χ3v) is 6.76. The van der Waals surface area contributed by atoms with Crippen molar-refractivity contribution in [3.05, 3.63) is 52.0 Å². The second kappa shape index (κ2) is 6.62. The first-order valence-corrected chi connectivity index (χ1v) is 9.67. The lowest BCUT2D eigenvalue weighted by Gasteiger charge is -2.22. The molecule has 128 valence electrons. The number of rotatable bonds is 6. The molecular formula is C16H16FNO4S2. The van der Waals surface area contributed by atoms with Crippen LogP contribution >= 0.6 is 11.3 Å². The lowest BCUT2D eigenvalue weighted by molar-refractivity contribution is 0.0602. The second-order valence-corrected chi connectivity index (χ2v) is 8.29. The van der Waals surface area contributed by atoms with Gasteiger partial charge < -0.3 is 4.74 Å². The van der Waals surface area contributed by atoms with E-state index >= 15 is 0 Å². The average molecular weight is 369 g/mol. The predicted octanol–water partition coefficient (Wildman–Crippen LogP) is 3.03. The highest BCUT2D eigenvalue weighted by Crippen LogP contribution is 2.35. The molecule has 1 aliphatic carbocycles. The molecule has 1 aromatic carbocycles. The van der Waals surface area contributed by atoms with Crippen LogP contribution in [0.1, 0.15) is 28.1 Å². The lowest BCUT2D eigenvalue weighted by atomic mass is 10.2. The molecule has 1 aliphatic rings. The fraction of sp³-hybridized carbons (Fsp3) is 0.312. The maximum atomic E-state index is 13.1. The lowest BCUT2D eigenvalue weighted by Crippen LogP contribution is -2.33. The van der Waals surface area contributed by atoms with E-state index < -0.39 is 16.0 Å².